The molecule has 1 aromatic rings. The van der Waals surface area contributed by atoms with Crippen LogP contribution < -0.4 is 4.90 Å². The third-order valence-electron chi connectivity index (χ3n) is 4.61. The van der Waals surface area contributed by atoms with Crippen molar-refractivity contribution in [2.45, 2.75) is 38.8 Å². The minimum absolute atomic E-state index is 0.168. The van der Waals surface area contributed by atoms with Gasteiger partial charge >= 0.3 is 6.09 Å². The van der Waals surface area contributed by atoms with Crippen LogP contribution in [0.15, 0.2) is 28.7 Å². The molecule has 146 valence electrons. The molecule has 2 heterocycles. The van der Waals surface area contributed by atoms with E-state index in [0.717, 1.165) is 4.47 Å². The van der Waals surface area contributed by atoms with Crippen LogP contribution in [0.25, 0.3) is 0 Å². The number of piperazine rings is 1. The molecule has 0 bridgehead atoms. The highest BCUT2D eigenvalue weighted by Gasteiger charge is 2.43. The van der Waals surface area contributed by atoms with Crippen molar-refractivity contribution in [2.24, 2.45) is 0 Å². The number of halogens is 1. The van der Waals surface area contributed by atoms with E-state index >= 15 is 0 Å². The van der Waals surface area contributed by atoms with Crippen LogP contribution in [0.5, 0.6) is 0 Å². The molecule has 1 aromatic carbocycles. The lowest BCUT2D eigenvalue weighted by atomic mass is 10.1. The van der Waals surface area contributed by atoms with Crippen LogP contribution in [0.3, 0.4) is 0 Å². The number of hydrogen-bond donors (Lipinski definition) is 0. The van der Waals surface area contributed by atoms with Crippen molar-refractivity contribution in [3.63, 3.8) is 0 Å². The first-order valence-electron chi connectivity index (χ1n) is 9.00. The second-order valence-corrected chi connectivity index (χ2v) is 8.68. The largest absolute Gasteiger partial charge is 0.444 e. The number of amides is 3. The van der Waals surface area contributed by atoms with Gasteiger partial charge in [-0.25, -0.2) is 9.69 Å². The fraction of sp³-hybridized carbons (Fsp3) is 0.526. The van der Waals surface area contributed by atoms with Gasteiger partial charge in [-0.2, -0.15) is 0 Å². The maximum Gasteiger partial charge on any atom is 0.410 e. The number of ether oxygens (including phenoxy) is 1. The van der Waals surface area contributed by atoms with E-state index in [1.165, 1.54) is 4.90 Å². The standard InChI is InChI=1S/C19H24BrN3O4/c1-19(2,3)27-18(26)22-10-8-21(9-11-22)15-12-16(24)23(17(15)25)14-6-4-13(20)5-7-14/h4-7,15H,8-12H2,1-3H3/t15-/m1/s1. The third kappa shape index (κ3) is 4.50. The smallest absolute Gasteiger partial charge is 0.410 e. The molecule has 0 radical (unpaired) electrons. The van der Waals surface area contributed by atoms with E-state index in [1.807, 2.05) is 37.8 Å². The summed E-state index contributed by atoms with van der Waals surface area (Å²) in [6.07, 6.45) is -0.172. The summed E-state index contributed by atoms with van der Waals surface area (Å²) in [5.74, 6) is -0.394. The summed E-state index contributed by atoms with van der Waals surface area (Å²) < 4.78 is 6.29. The molecular formula is C19H24BrN3O4. The van der Waals surface area contributed by atoms with Gasteiger partial charge in [0.1, 0.15) is 5.60 Å². The molecule has 3 amide bonds. The fourth-order valence-corrected chi connectivity index (χ4v) is 3.57. The van der Waals surface area contributed by atoms with Crippen molar-refractivity contribution in [3.8, 4) is 0 Å². The lowest BCUT2D eigenvalue weighted by molar-refractivity contribution is -0.123. The van der Waals surface area contributed by atoms with Crippen LogP contribution in [0.4, 0.5) is 10.5 Å². The van der Waals surface area contributed by atoms with Crippen LogP contribution >= 0.6 is 15.9 Å². The van der Waals surface area contributed by atoms with E-state index in [2.05, 4.69) is 15.9 Å². The van der Waals surface area contributed by atoms with Crippen LogP contribution in [0.2, 0.25) is 0 Å². The third-order valence-corrected chi connectivity index (χ3v) is 5.14. The van der Waals surface area contributed by atoms with Crippen molar-refractivity contribution in [1.29, 1.82) is 0 Å². The summed E-state index contributed by atoms with van der Waals surface area (Å²) in [6, 6.07) is 6.65. The average Bonchev–Trinajstić information content (AvgIpc) is 2.89. The normalized spacial score (nSPS) is 21.7. The van der Waals surface area contributed by atoms with Crippen LogP contribution in [0, 0.1) is 0 Å². The van der Waals surface area contributed by atoms with Gasteiger partial charge in [-0.05, 0) is 45.0 Å². The number of nitrogens with zero attached hydrogens (tertiary/aromatic N) is 3. The van der Waals surface area contributed by atoms with Gasteiger partial charge in [-0.15, -0.1) is 0 Å². The van der Waals surface area contributed by atoms with Gasteiger partial charge in [0.15, 0.2) is 0 Å². The maximum atomic E-state index is 12.9. The first kappa shape index (κ1) is 19.8. The Morgan fingerprint density at radius 1 is 1.07 bits per heavy atom. The van der Waals surface area contributed by atoms with E-state index in [9.17, 15) is 14.4 Å². The van der Waals surface area contributed by atoms with Crippen molar-refractivity contribution in [3.05, 3.63) is 28.7 Å². The Kier molecular flexibility index (Phi) is 5.58. The van der Waals surface area contributed by atoms with E-state index in [1.54, 1.807) is 17.0 Å². The number of benzene rings is 1. The predicted octanol–water partition coefficient (Wildman–Crippen LogP) is 2.63. The Morgan fingerprint density at radius 2 is 1.67 bits per heavy atom. The van der Waals surface area contributed by atoms with Gasteiger partial charge < -0.3 is 9.64 Å². The van der Waals surface area contributed by atoms with E-state index in [0.29, 0.717) is 31.9 Å². The number of anilines is 1. The number of hydrogen-bond acceptors (Lipinski definition) is 5. The van der Waals surface area contributed by atoms with E-state index < -0.39 is 11.6 Å². The molecule has 0 N–H and O–H groups in total. The Hall–Kier alpha value is -1.93. The number of carbonyl (C=O) groups excluding carboxylic acids is 3. The number of carbonyl (C=O) groups is 3. The van der Waals surface area contributed by atoms with Gasteiger partial charge in [0.2, 0.25) is 5.91 Å². The van der Waals surface area contributed by atoms with Gasteiger partial charge in [0.25, 0.3) is 5.91 Å². The summed E-state index contributed by atoms with van der Waals surface area (Å²) in [5.41, 5.74) is 0.0517. The minimum atomic E-state index is -0.534. The van der Waals surface area contributed by atoms with Crippen LogP contribution in [-0.4, -0.2) is 65.5 Å². The molecule has 27 heavy (non-hydrogen) atoms. The molecule has 2 saturated heterocycles. The highest BCUT2D eigenvalue weighted by Crippen LogP contribution is 2.27. The predicted molar refractivity (Wildman–Crippen MR) is 104 cm³/mol. The molecule has 2 aliphatic rings. The zero-order chi connectivity index (χ0) is 19.8. The summed E-state index contributed by atoms with van der Waals surface area (Å²) in [6.45, 7) is 7.53. The lowest BCUT2D eigenvalue weighted by Gasteiger charge is -2.37. The second kappa shape index (κ2) is 7.59. The molecular weight excluding hydrogens is 414 g/mol. The molecule has 0 spiro atoms. The molecule has 2 fully saturated rings. The topological polar surface area (TPSA) is 70.2 Å². The first-order chi connectivity index (χ1) is 12.7. The van der Waals surface area contributed by atoms with E-state index in [4.69, 9.17) is 4.74 Å². The lowest BCUT2D eigenvalue weighted by Crippen LogP contribution is -2.54. The number of rotatable bonds is 2. The molecule has 0 aromatic heterocycles. The molecule has 3 rings (SSSR count). The van der Waals surface area contributed by atoms with Gasteiger partial charge in [0, 0.05) is 30.7 Å². The minimum Gasteiger partial charge on any atom is -0.444 e. The molecule has 0 unspecified atom stereocenters. The summed E-state index contributed by atoms with van der Waals surface area (Å²) in [5, 5.41) is 0. The first-order valence-corrected chi connectivity index (χ1v) is 9.79. The maximum absolute atomic E-state index is 12.9. The Balaban J connectivity index is 1.62. The van der Waals surface area contributed by atoms with Crippen LogP contribution in [0.1, 0.15) is 27.2 Å². The molecule has 8 heteroatoms. The van der Waals surface area contributed by atoms with Gasteiger partial charge in [-0.3, -0.25) is 14.5 Å². The zero-order valence-corrected chi connectivity index (χ0v) is 17.4. The van der Waals surface area contributed by atoms with Crippen LogP contribution in [-0.2, 0) is 14.3 Å². The Labute approximate surface area is 167 Å². The van der Waals surface area contributed by atoms with Crippen molar-refractivity contribution in [2.75, 3.05) is 31.1 Å². The van der Waals surface area contributed by atoms with E-state index in [-0.39, 0.29) is 24.3 Å². The monoisotopic (exact) mass is 437 g/mol. The molecule has 1 atom stereocenters. The summed E-state index contributed by atoms with van der Waals surface area (Å²) in [4.78, 5) is 42.4. The highest BCUT2D eigenvalue weighted by molar-refractivity contribution is 9.10. The Bertz CT molecular complexity index is 736. The summed E-state index contributed by atoms with van der Waals surface area (Å²) in [7, 11) is 0. The zero-order valence-electron chi connectivity index (χ0n) is 15.8. The van der Waals surface area contributed by atoms with Crippen molar-refractivity contribution >= 4 is 39.5 Å². The number of imide groups is 1. The fourth-order valence-electron chi connectivity index (χ4n) is 3.31. The Morgan fingerprint density at radius 3 is 2.22 bits per heavy atom. The van der Waals surface area contributed by atoms with Gasteiger partial charge in [-0.1, -0.05) is 15.9 Å². The van der Waals surface area contributed by atoms with Gasteiger partial charge in [0.05, 0.1) is 18.2 Å². The molecule has 7 nitrogen and oxygen atoms in total. The average molecular weight is 438 g/mol. The van der Waals surface area contributed by atoms with Crippen molar-refractivity contribution in [1.82, 2.24) is 9.80 Å². The highest BCUT2D eigenvalue weighted by atomic mass is 79.9. The quantitative estimate of drug-likeness (QED) is 0.665. The molecule has 0 aliphatic carbocycles. The second-order valence-electron chi connectivity index (χ2n) is 7.77. The summed E-state index contributed by atoms with van der Waals surface area (Å²) >= 11 is 3.35. The van der Waals surface area contributed by atoms with Crippen molar-refractivity contribution < 1.29 is 19.1 Å². The molecule has 0 saturated carbocycles. The molecule has 2 aliphatic heterocycles. The SMILES string of the molecule is CC(C)(C)OC(=O)N1CCN([C@@H]2CC(=O)N(c3ccc(Br)cc3)C2=O)CC1.